The SMILES string of the molecule is CN1C(=O)NC(=O)C12CCN(C(=O)OCc1ccccc1)CC2. The number of nitrogens with one attached hydrogen (secondary N) is 1. The molecule has 0 bridgehead atoms. The Labute approximate surface area is 134 Å². The monoisotopic (exact) mass is 317 g/mol. The maximum absolute atomic E-state index is 12.1. The molecule has 0 aromatic heterocycles. The third-order valence-corrected chi connectivity index (χ3v) is 4.64. The summed E-state index contributed by atoms with van der Waals surface area (Å²) in [6.07, 6.45) is 0.444. The summed E-state index contributed by atoms with van der Waals surface area (Å²) in [7, 11) is 1.61. The third kappa shape index (κ3) is 2.74. The summed E-state index contributed by atoms with van der Waals surface area (Å²) >= 11 is 0. The number of hydrogen-bond acceptors (Lipinski definition) is 4. The molecule has 0 radical (unpaired) electrons. The predicted molar refractivity (Wildman–Crippen MR) is 81.5 cm³/mol. The molecule has 2 aliphatic rings. The van der Waals surface area contributed by atoms with E-state index in [1.807, 2.05) is 30.3 Å². The fourth-order valence-corrected chi connectivity index (χ4v) is 3.08. The lowest BCUT2D eigenvalue weighted by Crippen LogP contribution is -2.56. The predicted octanol–water partition coefficient (Wildman–Crippen LogP) is 1.34. The van der Waals surface area contributed by atoms with Gasteiger partial charge in [-0.25, -0.2) is 9.59 Å². The van der Waals surface area contributed by atoms with Gasteiger partial charge in [-0.1, -0.05) is 30.3 Å². The summed E-state index contributed by atoms with van der Waals surface area (Å²) in [5, 5.41) is 2.33. The van der Waals surface area contributed by atoms with Crippen LogP contribution in [0.3, 0.4) is 0 Å². The third-order valence-electron chi connectivity index (χ3n) is 4.64. The van der Waals surface area contributed by atoms with Crippen LogP contribution < -0.4 is 5.32 Å². The van der Waals surface area contributed by atoms with Gasteiger partial charge in [-0.3, -0.25) is 10.1 Å². The Morgan fingerprint density at radius 1 is 1.22 bits per heavy atom. The molecule has 1 aromatic rings. The van der Waals surface area contributed by atoms with E-state index in [1.165, 1.54) is 4.90 Å². The Kier molecular flexibility index (Phi) is 3.94. The van der Waals surface area contributed by atoms with Crippen molar-refractivity contribution in [2.45, 2.75) is 25.0 Å². The van der Waals surface area contributed by atoms with Gasteiger partial charge in [-0.15, -0.1) is 0 Å². The number of imide groups is 1. The Balaban J connectivity index is 1.55. The summed E-state index contributed by atoms with van der Waals surface area (Å²) in [4.78, 5) is 38.8. The van der Waals surface area contributed by atoms with E-state index in [2.05, 4.69) is 5.32 Å². The molecule has 1 aromatic carbocycles. The van der Waals surface area contributed by atoms with E-state index in [1.54, 1.807) is 11.9 Å². The van der Waals surface area contributed by atoms with Crippen molar-refractivity contribution in [3.63, 3.8) is 0 Å². The molecule has 23 heavy (non-hydrogen) atoms. The number of piperidine rings is 1. The van der Waals surface area contributed by atoms with E-state index in [4.69, 9.17) is 4.74 Å². The van der Waals surface area contributed by atoms with Crippen molar-refractivity contribution in [2.75, 3.05) is 20.1 Å². The summed E-state index contributed by atoms with van der Waals surface area (Å²) in [5.41, 5.74) is 0.0997. The second-order valence-corrected chi connectivity index (χ2v) is 5.88. The van der Waals surface area contributed by atoms with Crippen LogP contribution >= 0.6 is 0 Å². The van der Waals surface area contributed by atoms with Gasteiger partial charge in [-0.05, 0) is 18.4 Å². The van der Waals surface area contributed by atoms with Crippen molar-refractivity contribution in [1.82, 2.24) is 15.1 Å². The second-order valence-electron chi connectivity index (χ2n) is 5.88. The summed E-state index contributed by atoms with van der Waals surface area (Å²) in [6.45, 7) is 0.998. The molecule has 2 saturated heterocycles. The number of likely N-dealkylation sites (N-methyl/N-ethyl adjacent to an activating group) is 1. The first-order chi connectivity index (χ1) is 11.0. The van der Waals surface area contributed by atoms with Crippen LogP contribution in [0.15, 0.2) is 30.3 Å². The molecule has 0 saturated carbocycles. The molecular formula is C16H19N3O4. The number of benzene rings is 1. The highest BCUT2D eigenvalue weighted by molar-refractivity contribution is 6.07. The summed E-state index contributed by atoms with van der Waals surface area (Å²) in [6, 6.07) is 9.08. The Hall–Kier alpha value is -2.57. The Bertz CT molecular complexity index is 623. The molecule has 0 aliphatic carbocycles. The van der Waals surface area contributed by atoms with Crippen LogP contribution in [-0.4, -0.2) is 53.5 Å². The number of hydrogen-bond donors (Lipinski definition) is 1. The highest BCUT2D eigenvalue weighted by Crippen LogP contribution is 2.32. The average molecular weight is 317 g/mol. The number of carbonyl (C=O) groups excluding carboxylic acids is 3. The van der Waals surface area contributed by atoms with Crippen molar-refractivity contribution in [3.05, 3.63) is 35.9 Å². The summed E-state index contributed by atoms with van der Waals surface area (Å²) < 4.78 is 5.30. The molecule has 122 valence electrons. The van der Waals surface area contributed by atoms with E-state index < -0.39 is 11.6 Å². The van der Waals surface area contributed by atoms with Crippen LogP contribution in [0.4, 0.5) is 9.59 Å². The minimum Gasteiger partial charge on any atom is -0.445 e. The number of rotatable bonds is 2. The number of likely N-dealkylation sites (tertiary alicyclic amines) is 1. The maximum Gasteiger partial charge on any atom is 0.410 e. The highest BCUT2D eigenvalue weighted by Gasteiger charge is 2.52. The van der Waals surface area contributed by atoms with Gasteiger partial charge < -0.3 is 14.5 Å². The molecule has 1 spiro atoms. The number of nitrogens with zero attached hydrogens (tertiary/aromatic N) is 2. The first-order valence-corrected chi connectivity index (χ1v) is 7.58. The van der Waals surface area contributed by atoms with Crippen molar-refractivity contribution in [2.24, 2.45) is 0 Å². The lowest BCUT2D eigenvalue weighted by molar-refractivity contribution is -0.128. The van der Waals surface area contributed by atoms with Crippen molar-refractivity contribution in [1.29, 1.82) is 0 Å². The largest absolute Gasteiger partial charge is 0.445 e. The molecule has 7 heteroatoms. The lowest BCUT2D eigenvalue weighted by atomic mass is 9.86. The van der Waals surface area contributed by atoms with E-state index in [0.717, 1.165) is 5.56 Å². The van der Waals surface area contributed by atoms with Gasteiger partial charge in [0.05, 0.1) is 0 Å². The Morgan fingerprint density at radius 2 is 1.87 bits per heavy atom. The quantitative estimate of drug-likeness (QED) is 0.835. The molecule has 2 aliphatic heterocycles. The number of ether oxygens (including phenoxy) is 1. The van der Waals surface area contributed by atoms with Crippen molar-refractivity contribution >= 4 is 18.0 Å². The fourth-order valence-electron chi connectivity index (χ4n) is 3.08. The Morgan fingerprint density at radius 3 is 2.43 bits per heavy atom. The topological polar surface area (TPSA) is 79.0 Å². The van der Waals surface area contributed by atoms with Gasteiger partial charge in [0.1, 0.15) is 12.1 Å². The lowest BCUT2D eigenvalue weighted by Gasteiger charge is -2.40. The van der Waals surface area contributed by atoms with E-state index in [-0.39, 0.29) is 18.5 Å². The molecule has 0 unspecified atom stereocenters. The molecule has 3 rings (SSSR count). The van der Waals surface area contributed by atoms with Gasteiger partial charge in [0.15, 0.2) is 0 Å². The second kappa shape index (κ2) is 5.91. The molecule has 2 fully saturated rings. The van der Waals surface area contributed by atoms with Crippen LogP contribution in [0.25, 0.3) is 0 Å². The van der Waals surface area contributed by atoms with Crippen LogP contribution in [0.2, 0.25) is 0 Å². The zero-order valence-corrected chi connectivity index (χ0v) is 12.9. The first kappa shape index (κ1) is 15.3. The van der Waals surface area contributed by atoms with Gasteiger partial charge in [-0.2, -0.15) is 0 Å². The van der Waals surface area contributed by atoms with E-state index >= 15 is 0 Å². The van der Waals surface area contributed by atoms with Gasteiger partial charge in [0.25, 0.3) is 5.91 Å². The zero-order valence-electron chi connectivity index (χ0n) is 12.9. The van der Waals surface area contributed by atoms with E-state index in [0.29, 0.717) is 25.9 Å². The number of urea groups is 1. The standard InChI is InChI=1S/C16H19N3O4/c1-18-14(21)17-13(20)16(18)7-9-19(10-8-16)15(22)23-11-12-5-3-2-4-6-12/h2-6H,7-11H2,1H3,(H,17,20,21). The molecule has 1 N–H and O–H groups in total. The minimum absolute atomic E-state index is 0.222. The first-order valence-electron chi connectivity index (χ1n) is 7.58. The van der Waals surface area contributed by atoms with Crippen LogP contribution in [0, 0.1) is 0 Å². The average Bonchev–Trinajstić information content (AvgIpc) is 2.78. The molecular weight excluding hydrogens is 298 g/mol. The normalized spacial score (nSPS) is 19.9. The zero-order chi connectivity index (χ0) is 16.4. The van der Waals surface area contributed by atoms with E-state index in [9.17, 15) is 14.4 Å². The smallest absolute Gasteiger partial charge is 0.410 e. The molecule has 0 atom stereocenters. The fraction of sp³-hybridized carbons (Fsp3) is 0.438. The van der Waals surface area contributed by atoms with Gasteiger partial charge >= 0.3 is 12.1 Å². The van der Waals surface area contributed by atoms with Crippen LogP contribution in [-0.2, 0) is 16.1 Å². The van der Waals surface area contributed by atoms with Crippen molar-refractivity contribution < 1.29 is 19.1 Å². The minimum atomic E-state index is -0.826. The highest BCUT2D eigenvalue weighted by atomic mass is 16.6. The van der Waals surface area contributed by atoms with Crippen LogP contribution in [0.1, 0.15) is 18.4 Å². The van der Waals surface area contributed by atoms with Crippen molar-refractivity contribution in [3.8, 4) is 0 Å². The van der Waals surface area contributed by atoms with Gasteiger partial charge in [0.2, 0.25) is 0 Å². The molecule has 2 heterocycles. The molecule has 7 nitrogen and oxygen atoms in total. The van der Waals surface area contributed by atoms with Gasteiger partial charge in [0, 0.05) is 20.1 Å². The maximum atomic E-state index is 12.1. The molecule has 4 amide bonds. The number of amides is 4. The summed E-state index contributed by atoms with van der Waals surface area (Å²) in [5.74, 6) is -0.276. The number of carbonyl (C=O) groups is 3. The van der Waals surface area contributed by atoms with Crippen LogP contribution in [0.5, 0.6) is 0 Å².